The Labute approximate surface area is 125 Å². The predicted molar refractivity (Wildman–Crippen MR) is 83.6 cm³/mol. The molecule has 0 aromatic heterocycles. The quantitative estimate of drug-likeness (QED) is 0.485. The first-order chi connectivity index (χ1) is 8.22. The monoisotopic (exact) mass is 376 g/mol. The van der Waals surface area contributed by atoms with Crippen molar-refractivity contribution in [1.82, 2.24) is 0 Å². The summed E-state index contributed by atoms with van der Waals surface area (Å²) in [5, 5.41) is 1.59. The van der Waals surface area contributed by atoms with Crippen LogP contribution in [0.2, 0.25) is 10.0 Å². The standard InChI is InChI=1S/C14H11Cl2I/c15-11-7-5-10(6-8-11)13(9-17)12-3-1-2-4-14(12)16/h1-8,13H,9H2/t13-/m0/s1. The molecule has 0 spiro atoms. The molecule has 0 saturated heterocycles. The fourth-order valence-corrected chi connectivity index (χ4v) is 3.18. The van der Waals surface area contributed by atoms with Gasteiger partial charge in [-0.3, -0.25) is 0 Å². The van der Waals surface area contributed by atoms with Gasteiger partial charge in [-0.2, -0.15) is 0 Å². The van der Waals surface area contributed by atoms with E-state index in [-0.39, 0.29) is 0 Å². The van der Waals surface area contributed by atoms with Gasteiger partial charge in [0.1, 0.15) is 0 Å². The first-order valence-electron chi connectivity index (χ1n) is 5.28. The van der Waals surface area contributed by atoms with Gasteiger partial charge in [-0.25, -0.2) is 0 Å². The van der Waals surface area contributed by atoms with Gasteiger partial charge < -0.3 is 0 Å². The smallest absolute Gasteiger partial charge is 0.0444 e. The third-order valence-corrected chi connectivity index (χ3v) is 4.18. The zero-order valence-electron chi connectivity index (χ0n) is 9.04. The van der Waals surface area contributed by atoms with Crippen molar-refractivity contribution >= 4 is 45.8 Å². The van der Waals surface area contributed by atoms with Crippen LogP contribution in [-0.2, 0) is 0 Å². The van der Waals surface area contributed by atoms with Crippen molar-refractivity contribution < 1.29 is 0 Å². The van der Waals surface area contributed by atoms with E-state index in [1.165, 1.54) is 11.1 Å². The van der Waals surface area contributed by atoms with Crippen LogP contribution in [0.5, 0.6) is 0 Å². The van der Waals surface area contributed by atoms with Gasteiger partial charge in [-0.1, -0.05) is 76.1 Å². The summed E-state index contributed by atoms with van der Waals surface area (Å²) in [6, 6.07) is 16.0. The minimum atomic E-state index is 0.321. The summed E-state index contributed by atoms with van der Waals surface area (Å²) in [5.74, 6) is 0.321. The molecule has 0 nitrogen and oxygen atoms in total. The van der Waals surface area contributed by atoms with Crippen molar-refractivity contribution in [2.75, 3.05) is 4.43 Å². The summed E-state index contributed by atoms with van der Waals surface area (Å²) in [5.41, 5.74) is 2.42. The van der Waals surface area contributed by atoms with Gasteiger partial charge in [0.2, 0.25) is 0 Å². The van der Waals surface area contributed by atoms with E-state index in [1.54, 1.807) is 0 Å². The Bertz CT molecular complexity index is 494. The maximum Gasteiger partial charge on any atom is 0.0444 e. The molecule has 0 bridgehead atoms. The third-order valence-electron chi connectivity index (χ3n) is 2.71. The zero-order valence-corrected chi connectivity index (χ0v) is 12.7. The highest BCUT2D eigenvalue weighted by Gasteiger charge is 2.15. The van der Waals surface area contributed by atoms with E-state index in [4.69, 9.17) is 23.2 Å². The average Bonchev–Trinajstić information content (AvgIpc) is 2.35. The SMILES string of the molecule is Clc1ccc([C@H](CI)c2ccccc2Cl)cc1. The van der Waals surface area contributed by atoms with Crippen LogP contribution >= 0.6 is 45.8 Å². The van der Waals surface area contributed by atoms with Crippen LogP contribution in [0, 0.1) is 0 Å². The lowest BCUT2D eigenvalue weighted by molar-refractivity contribution is 0.953. The summed E-state index contributed by atoms with van der Waals surface area (Å²) >= 11 is 14.5. The van der Waals surface area contributed by atoms with E-state index in [0.29, 0.717) is 5.92 Å². The van der Waals surface area contributed by atoms with E-state index in [9.17, 15) is 0 Å². The van der Waals surface area contributed by atoms with Crippen molar-refractivity contribution in [2.45, 2.75) is 5.92 Å². The number of rotatable bonds is 3. The lowest BCUT2D eigenvalue weighted by atomic mass is 9.93. The maximum absolute atomic E-state index is 6.25. The Kier molecular flexibility index (Phi) is 4.71. The highest BCUT2D eigenvalue weighted by atomic mass is 127. The van der Waals surface area contributed by atoms with Gasteiger partial charge in [0.15, 0.2) is 0 Å². The van der Waals surface area contributed by atoms with Gasteiger partial charge >= 0.3 is 0 Å². The van der Waals surface area contributed by atoms with Gasteiger partial charge in [-0.15, -0.1) is 0 Å². The van der Waals surface area contributed by atoms with Crippen molar-refractivity contribution in [3.63, 3.8) is 0 Å². The minimum absolute atomic E-state index is 0.321. The third kappa shape index (κ3) is 3.15. The van der Waals surface area contributed by atoms with E-state index >= 15 is 0 Å². The Balaban J connectivity index is 2.40. The molecule has 0 aliphatic heterocycles. The molecule has 0 unspecified atom stereocenters. The summed E-state index contributed by atoms with van der Waals surface area (Å²) in [4.78, 5) is 0. The summed E-state index contributed by atoms with van der Waals surface area (Å²) in [6.07, 6.45) is 0. The topological polar surface area (TPSA) is 0 Å². The number of benzene rings is 2. The molecular formula is C14H11Cl2I. The molecule has 2 rings (SSSR count). The van der Waals surface area contributed by atoms with Crippen molar-refractivity contribution in [1.29, 1.82) is 0 Å². The largest absolute Gasteiger partial charge is 0.0853 e. The average molecular weight is 377 g/mol. The molecule has 2 aromatic carbocycles. The molecule has 3 heteroatoms. The molecule has 17 heavy (non-hydrogen) atoms. The fraction of sp³-hybridized carbons (Fsp3) is 0.143. The van der Waals surface area contributed by atoms with Gasteiger partial charge in [0.25, 0.3) is 0 Å². The molecular weight excluding hydrogens is 366 g/mol. The first-order valence-corrected chi connectivity index (χ1v) is 7.56. The van der Waals surface area contributed by atoms with Crippen molar-refractivity contribution in [3.05, 3.63) is 69.7 Å². The normalized spacial score (nSPS) is 12.4. The molecule has 0 radical (unpaired) electrons. The highest BCUT2D eigenvalue weighted by molar-refractivity contribution is 14.1. The van der Waals surface area contributed by atoms with Crippen LogP contribution in [0.15, 0.2) is 48.5 Å². The molecule has 0 saturated carbocycles. The van der Waals surface area contributed by atoms with E-state index in [1.807, 2.05) is 30.3 Å². The van der Waals surface area contributed by atoms with E-state index in [0.717, 1.165) is 14.5 Å². The minimum Gasteiger partial charge on any atom is -0.0853 e. The molecule has 0 aliphatic carbocycles. The highest BCUT2D eigenvalue weighted by Crippen LogP contribution is 2.32. The van der Waals surface area contributed by atoms with Crippen LogP contribution in [0.1, 0.15) is 17.0 Å². The second-order valence-corrected chi connectivity index (χ2v) is 5.50. The zero-order chi connectivity index (χ0) is 12.3. The summed E-state index contributed by atoms with van der Waals surface area (Å²) in [6.45, 7) is 0. The van der Waals surface area contributed by atoms with Crippen molar-refractivity contribution in [2.24, 2.45) is 0 Å². The number of halogens is 3. The molecule has 0 amide bonds. The Morgan fingerprint density at radius 3 is 2.18 bits per heavy atom. The lowest BCUT2D eigenvalue weighted by Crippen LogP contribution is -2.02. The van der Waals surface area contributed by atoms with Crippen LogP contribution in [-0.4, -0.2) is 4.43 Å². The lowest BCUT2D eigenvalue weighted by Gasteiger charge is -2.16. The Morgan fingerprint density at radius 1 is 0.941 bits per heavy atom. The van der Waals surface area contributed by atoms with Crippen LogP contribution in [0.3, 0.4) is 0 Å². The molecule has 0 N–H and O–H groups in total. The summed E-state index contributed by atoms with van der Waals surface area (Å²) in [7, 11) is 0. The van der Waals surface area contributed by atoms with E-state index in [2.05, 4.69) is 40.8 Å². The second kappa shape index (κ2) is 6.07. The Hall–Kier alpha value is -0.250. The van der Waals surface area contributed by atoms with E-state index < -0.39 is 0 Å². The maximum atomic E-state index is 6.25. The summed E-state index contributed by atoms with van der Waals surface area (Å²) < 4.78 is 0.989. The second-order valence-electron chi connectivity index (χ2n) is 3.78. The fourth-order valence-electron chi connectivity index (χ4n) is 1.80. The number of hydrogen-bond donors (Lipinski definition) is 0. The molecule has 88 valence electrons. The first kappa shape index (κ1) is 13.2. The van der Waals surface area contributed by atoms with Crippen molar-refractivity contribution in [3.8, 4) is 0 Å². The van der Waals surface area contributed by atoms with Crippen LogP contribution in [0.25, 0.3) is 0 Å². The van der Waals surface area contributed by atoms with Crippen LogP contribution < -0.4 is 0 Å². The van der Waals surface area contributed by atoms with Gasteiger partial charge in [0.05, 0.1) is 0 Å². The molecule has 2 aromatic rings. The molecule has 0 aliphatic rings. The van der Waals surface area contributed by atoms with Gasteiger partial charge in [0, 0.05) is 20.4 Å². The number of alkyl halides is 1. The molecule has 1 atom stereocenters. The predicted octanol–water partition coefficient (Wildman–Crippen LogP) is 5.56. The Morgan fingerprint density at radius 2 is 1.59 bits per heavy atom. The van der Waals surface area contributed by atoms with Crippen LogP contribution in [0.4, 0.5) is 0 Å². The molecule has 0 fully saturated rings. The van der Waals surface area contributed by atoms with Gasteiger partial charge in [-0.05, 0) is 29.3 Å². The number of hydrogen-bond acceptors (Lipinski definition) is 0. The molecule has 0 heterocycles.